The van der Waals surface area contributed by atoms with Crippen molar-refractivity contribution in [1.82, 2.24) is 0 Å². The maximum absolute atomic E-state index is 13.2. The molecule has 0 aromatic heterocycles. The van der Waals surface area contributed by atoms with E-state index >= 15 is 0 Å². The topological polar surface area (TPSA) is 20.2 Å². The molecule has 2 heteroatoms. The number of benzene rings is 1. The second-order valence-corrected chi connectivity index (χ2v) is 4.84. The Hall–Kier alpha value is -1.05. The third-order valence-electron chi connectivity index (χ3n) is 3.87. The van der Waals surface area contributed by atoms with E-state index in [0.717, 1.165) is 24.3 Å². The van der Waals surface area contributed by atoms with Crippen LogP contribution in [0.3, 0.4) is 0 Å². The molecule has 0 radical (unpaired) electrons. The van der Waals surface area contributed by atoms with E-state index in [0.29, 0.717) is 5.92 Å². The Bertz CT molecular complexity index is 354. The first kappa shape index (κ1) is 11.4. The van der Waals surface area contributed by atoms with Crippen LogP contribution in [-0.2, 0) is 0 Å². The summed E-state index contributed by atoms with van der Waals surface area (Å²) in [5.41, 5.74) is 1.05. The molecule has 1 nitrogen and oxygen atoms in total. The third kappa shape index (κ3) is 2.37. The molecule has 0 bridgehead atoms. The summed E-state index contributed by atoms with van der Waals surface area (Å²) in [5.74, 6) is 0.609. The fourth-order valence-electron chi connectivity index (χ4n) is 2.68. The zero-order valence-electron chi connectivity index (χ0n) is 9.75. The van der Waals surface area contributed by atoms with Gasteiger partial charge in [-0.25, -0.2) is 4.39 Å². The molecular formula is C14H19FO. The van der Waals surface area contributed by atoms with Gasteiger partial charge in [0.2, 0.25) is 0 Å². The van der Waals surface area contributed by atoms with E-state index in [2.05, 4.69) is 6.92 Å². The predicted octanol–water partition coefficient (Wildman–Crippen LogP) is 4.22. The Kier molecular flexibility index (Phi) is 3.47. The molecule has 1 aliphatic rings. The summed E-state index contributed by atoms with van der Waals surface area (Å²) in [4.78, 5) is 0. The third-order valence-corrected chi connectivity index (χ3v) is 3.87. The molecule has 0 atom stereocenters. The first-order valence-electron chi connectivity index (χ1n) is 6.19. The maximum Gasteiger partial charge on any atom is 0.165 e. The van der Waals surface area contributed by atoms with Gasteiger partial charge in [-0.3, -0.25) is 0 Å². The summed E-state index contributed by atoms with van der Waals surface area (Å²) in [5, 5.41) is 9.15. The van der Waals surface area contributed by atoms with Gasteiger partial charge < -0.3 is 5.11 Å². The van der Waals surface area contributed by atoms with Crippen LogP contribution in [-0.4, -0.2) is 5.11 Å². The normalized spacial score (nSPS) is 25.6. The molecule has 1 N–H and O–H groups in total. The molecule has 0 amide bonds. The van der Waals surface area contributed by atoms with E-state index < -0.39 is 5.82 Å². The van der Waals surface area contributed by atoms with Gasteiger partial charge in [-0.2, -0.15) is 0 Å². The van der Waals surface area contributed by atoms with E-state index in [-0.39, 0.29) is 5.75 Å². The molecule has 1 aromatic carbocycles. The van der Waals surface area contributed by atoms with Gasteiger partial charge in [-0.1, -0.05) is 19.4 Å². The van der Waals surface area contributed by atoms with Gasteiger partial charge >= 0.3 is 0 Å². The summed E-state index contributed by atoms with van der Waals surface area (Å²) in [6.07, 6.45) is 6.08. The molecule has 16 heavy (non-hydrogen) atoms. The Morgan fingerprint density at radius 3 is 2.50 bits per heavy atom. The van der Waals surface area contributed by atoms with Crippen LogP contribution in [0, 0.1) is 11.7 Å². The fraction of sp³-hybridized carbons (Fsp3) is 0.571. The first-order valence-corrected chi connectivity index (χ1v) is 6.19. The van der Waals surface area contributed by atoms with Crippen LogP contribution in [0.2, 0.25) is 0 Å². The average molecular weight is 222 g/mol. The van der Waals surface area contributed by atoms with Gasteiger partial charge in [0.1, 0.15) is 0 Å². The summed E-state index contributed by atoms with van der Waals surface area (Å²) in [7, 11) is 0. The van der Waals surface area contributed by atoms with Crippen LogP contribution >= 0.6 is 0 Å². The zero-order valence-corrected chi connectivity index (χ0v) is 9.75. The number of hydrogen-bond donors (Lipinski definition) is 1. The summed E-state index contributed by atoms with van der Waals surface area (Å²) >= 11 is 0. The molecule has 1 aromatic rings. The minimum Gasteiger partial charge on any atom is -0.505 e. The number of halogens is 1. The number of hydrogen-bond acceptors (Lipinski definition) is 1. The second-order valence-electron chi connectivity index (χ2n) is 4.84. The number of phenols is 1. The van der Waals surface area contributed by atoms with Gasteiger partial charge in [0, 0.05) is 0 Å². The highest BCUT2D eigenvalue weighted by atomic mass is 19.1. The second kappa shape index (κ2) is 4.86. The summed E-state index contributed by atoms with van der Waals surface area (Å²) in [6, 6.07) is 4.82. The van der Waals surface area contributed by atoms with Crippen molar-refractivity contribution in [2.75, 3.05) is 0 Å². The van der Waals surface area contributed by atoms with Crippen molar-refractivity contribution in [2.45, 2.75) is 44.9 Å². The monoisotopic (exact) mass is 222 g/mol. The van der Waals surface area contributed by atoms with Gasteiger partial charge in [0.15, 0.2) is 11.6 Å². The highest BCUT2D eigenvalue weighted by Gasteiger charge is 2.21. The van der Waals surface area contributed by atoms with E-state index in [4.69, 9.17) is 5.11 Å². The SMILES string of the molecule is CCC1CCC(c2ccc(O)c(F)c2)CC1. The van der Waals surface area contributed by atoms with E-state index in [1.807, 2.05) is 6.07 Å². The number of aromatic hydroxyl groups is 1. The Balaban J connectivity index is 2.05. The van der Waals surface area contributed by atoms with Crippen LogP contribution < -0.4 is 0 Å². The van der Waals surface area contributed by atoms with Crippen LogP contribution in [0.5, 0.6) is 5.75 Å². The minimum absolute atomic E-state index is 0.244. The zero-order chi connectivity index (χ0) is 11.5. The summed E-state index contributed by atoms with van der Waals surface area (Å²) < 4.78 is 13.2. The van der Waals surface area contributed by atoms with Crippen molar-refractivity contribution in [3.8, 4) is 5.75 Å². The lowest BCUT2D eigenvalue weighted by atomic mass is 9.78. The molecule has 0 spiro atoms. The Labute approximate surface area is 96.3 Å². The summed E-state index contributed by atoms with van der Waals surface area (Å²) in [6.45, 7) is 2.24. The predicted molar refractivity (Wildman–Crippen MR) is 63.1 cm³/mol. The van der Waals surface area contributed by atoms with Gasteiger partial charge in [-0.05, 0) is 55.2 Å². The van der Waals surface area contributed by atoms with Crippen LogP contribution in [0.15, 0.2) is 18.2 Å². The van der Waals surface area contributed by atoms with E-state index in [9.17, 15) is 4.39 Å². The molecule has 1 fully saturated rings. The number of phenolic OH excluding ortho intramolecular Hbond substituents is 1. The van der Waals surface area contributed by atoms with Crippen LogP contribution in [0.1, 0.15) is 50.5 Å². The number of rotatable bonds is 2. The van der Waals surface area contributed by atoms with Crippen molar-refractivity contribution < 1.29 is 9.50 Å². The van der Waals surface area contributed by atoms with Gasteiger partial charge in [-0.15, -0.1) is 0 Å². The molecular weight excluding hydrogens is 203 g/mol. The maximum atomic E-state index is 13.2. The highest BCUT2D eigenvalue weighted by molar-refractivity contribution is 5.30. The van der Waals surface area contributed by atoms with E-state index in [1.165, 1.54) is 31.4 Å². The lowest BCUT2D eigenvalue weighted by Crippen LogP contribution is -2.12. The van der Waals surface area contributed by atoms with Crippen molar-refractivity contribution >= 4 is 0 Å². The first-order chi connectivity index (χ1) is 7.70. The lowest BCUT2D eigenvalue weighted by Gasteiger charge is -2.28. The van der Waals surface area contributed by atoms with Gasteiger partial charge in [0.25, 0.3) is 0 Å². The molecule has 1 aliphatic carbocycles. The van der Waals surface area contributed by atoms with Gasteiger partial charge in [0.05, 0.1) is 0 Å². The van der Waals surface area contributed by atoms with Crippen LogP contribution in [0.4, 0.5) is 4.39 Å². The quantitative estimate of drug-likeness (QED) is 0.794. The standard InChI is InChI=1S/C14H19FO/c1-2-10-3-5-11(6-4-10)12-7-8-14(16)13(15)9-12/h7-11,16H,2-6H2,1H3. The molecule has 0 aliphatic heterocycles. The average Bonchev–Trinajstić information content (AvgIpc) is 2.33. The fourth-order valence-corrected chi connectivity index (χ4v) is 2.68. The highest BCUT2D eigenvalue weighted by Crippen LogP contribution is 2.37. The molecule has 0 saturated heterocycles. The molecule has 0 heterocycles. The smallest absolute Gasteiger partial charge is 0.165 e. The van der Waals surface area contributed by atoms with E-state index in [1.54, 1.807) is 0 Å². The molecule has 88 valence electrons. The Morgan fingerprint density at radius 2 is 1.94 bits per heavy atom. The van der Waals surface area contributed by atoms with Crippen molar-refractivity contribution in [2.24, 2.45) is 5.92 Å². The Morgan fingerprint density at radius 1 is 1.25 bits per heavy atom. The van der Waals surface area contributed by atoms with Crippen molar-refractivity contribution in [3.63, 3.8) is 0 Å². The molecule has 0 unspecified atom stereocenters. The molecule has 2 rings (SSSR count). The largest absolute Gasteiger partial charge is 0.505 e. The minimum atomic E-state index is -0.491. The van der Waals surface area contributed by atoms with Crippen LogP contribution in [0.25, 0.3) is 0 Å². The van der Waals surface area contributed by atoms with Crippen molar-refractivity contribution in [3.05, 3.63) is 29.6 Å². The van der Waals surface area contributed by atoms with Crippen molar-refractivity contribution in [1.29, 1.82) is 0 Å². The lowest BCUT2D eigenvalue weighted by molar-refractivity contribution is 0.318. The molecule has 1 saturated carbocycles.